The molecule has 43 heavy (non-hydrogen) atoms. The van der Waals surface area contributed by atoms with Gasteiger partial charge in [-0.3, -0.25) is 4.79 Å². The summed E-state index contributed by atoms with van der Waals surface area (Å²) in [4.78, 5) is 19.2. The van der Waals surface area contributed by atoms with Crippen LogP contribution in [0.3, 0.4) is 0 Å². The molecule has 222 valence electrons. The van der Waals surface area contributed by atoms with Crippen molar-refractivity contribution >= 4 is 11.8 Å². The van der Waals surface area contributed by atoms with Gasteiger partial charge in [0.1, 0.15) is 5.75 Å². The number of ether oxygens (including phenoxy) is 2. The second-order valence-electron chi connectivity index (χ2n) is 10.2. The van der Waals surface area contributed by atoms with Gasteiger partial charge in [0.2, 0.25) is 5.90 Å². The zero-order valence-electron chi connectivity index (χ0n) is 23.3. The Labute approximate surface area is 247 Å². The Morgan fingerprint density at radius 2 is 1.58 bits per heavy atom. The van der Waals surface area contributed by atoms with Gasteiger partial charge in [-0.15, -0.1) is 0 Å². The molecule has 0 spiro atoms. The highest BCUT2D eigenvalue weighted by molar-refractivity contribution is 6.01. The summed E-state index contributed by atoms with van der Waals surface area (Å²) in [5.74, 6) is 0.410. The molecular formula is C34H31F3N2O4. The normalized spacial score (nSPS) is 18.0. The smallest absolute Gasteiger partial charge is 0.416 e. The second kappa shape index (κ2) is 13.1. The highest BCUT2D eigenvalue weighted by Gasteiger charge is 2.53. The molecule has 1 aliphatic heterocycles. The molecule has 0 fully saturated rings. The molecule has 1 heterocycles. The van der Waals surface area contributed by atoms with E-state index in [1.807, 2.05) is 60.7 Å². The first kappa shape index (κ1) is 29.8. The van der Waals surface area contributed by atoms with Crippen LogP contribution < -0.4 is 10.1 Å². The van der Waals surface area contributed by atoms with Gasteiger partial charge in [-0.2, -0.15) is 13.2 Å². The van der Waals surface area contributed by atoms with E-state index in [9.17, 15) is 18.0 Å². The zero-order chi connectivity index (χ0) is 30.3. The van der Waals surface area contributed by atoms with Crippen molar-refractivity contribution in [1.82, 2.24) is 5.32 Å². The number of benzene rings is 4. The quantitative estimate of drug-likeness (QED) is 0.202. The molecule has 4 aromatic carbocycles. The van der Waals surface area contributed by atoms with Gasteiger partial charge >= 0.3 is 6.18 Å². The molecular weight excluding hydrogens is 557 g/mol. The van der Waals surface area contributed by atoms with E-state index >= 15 is 0 Å². The van der Waals surface area contributed by atoms with E-state index < -0.39 is 29.3 Å². The van der Waals surface area contributed by atoms with Gasteiger partial charge in [0.05, 0.1) is 12.2 Å². The van der Waals surface area contributed by atoms with Gasteiger partial charge in [0.15, 0.2) is 11.6 Å². The van der Waals surface area contributed by atoms with Crippen molar-refractivity contribution in [2.45, 2.75) is 37.2 Å². The minimum absolute atomic E-state index is 0.0307. The molecule has 1 amide bonds. The summed E-state index contributed by atoms with van der Waals surface area (Å²) in [6, 6.07) is 30.7. The molecule has 6 nitrogen and oxygen atoms in total. The zero-order valence-corrected chi connectivity index (χ0v) is 23.3. The van der Waals surface area contributed by atoms with Gasteiger partial charge in [0.25, 0.3) is 5.91 Å². The third-order valence-electron chi connectivity index (χ3n) is 7.16. The van der Waals surface area contributed by atoms with Crippen molar-refractivity contribution in [3.05, 3.63) is 137 Å². The SMILES string of the molecule is O=C(NCc1cccc(C(F)(F)F)c1)[C@]1(Cc2ccccc2)N=C(c2ccc(OCCCO)cc2)O[C@@H]1c1ccccc1. The maximum absolute atomic E-state index is 14.2. The number of aliphatic imine (C=N–C) groups is 1. The van der Waals surface area contributed by atoms with Crippen molar-refractivity contribution in [1.29, 1.82) is 0 Å². The Hall–Kier alpha value is -4.63. The van der Waals surface area contributed by atoms with E-state index in [1.165, 1.54) is 12.1 Å². The van der Waals surface area contributed by atoms with E-state index in [0.29, 0.717) is 29.9 Å². The van der Waals surface area contributed by atoms with Crippen LogP contribution in [-0.2, 0) is 28.7 Å². The van der Waals surface area contributed by atoms with Crippen molar-refractivity contribution < 1.29 is 32.5 Å². The van der Waals surface area contributed by atoms with Gasteiger partial charge < -0.3 is 19.9 Å². The summed E-state index contributed by atoms with van der Waals surface area (Å²) in [7, 11) is 0. The van der Waals surface area contributed by atoms with Gasteiger partial charge in [0, 0.05) is 31.6 Å². The number of nitrogens with one attached hydrogen (secondary N) is 1. The summed E-state index contributed by atoms with van der Waals surface area (Å²) in [6.45, 7) is 0.282. The lowest BCUT2D eigenvalue weighted by atomic mass is 9.82. The number of aliphatic hydroxyl groups is 1. The summed E-state index contributed by atoms with van der Waals surface area (Å²) in [5.41, 5.74) is 0.281. The lowest BCUT2D eigenvalue weighted by molar-refractivity contribution is -0.137. The highest BCUT2D eigenvalue weighted by Crippen LogP contribution is 2.42. The molecule has 2 atom stereocenters. The standard InChI is InChI=1S/C34H31F3N2O4/c35-34(36,37)28-14-7-11-25(21-28)23-38-32(41)33(22-24-9-3-1-4-10-24)30(26-12-5-2-6-13-26)43-31(39-33)27-15-17-29(18-16-27)42-20-8-19-40/h1-7,9-18,21,30,40H,8,19-20,22-23H2,(H,38,41)/t30-,33-/m1/s1. The number of amides is 1. The molecule has 0 radical (unpaired) electrons. The van der Waals surface area contributed by atoms with Crippen LogP contribution in [0, 0.1) is 0 Å². The van der Waals surface area contributed by atoms with Crippen LogP contribution in [-0.4, -0.2) is 35.7 Å². The van der Waals surface area contributed by atoms with E-state index in [1.54, 1.807) is 24.3 Å². The maximum Gasteiger partial charge on any atom is 0.416 e. The van der Waals surface area contributed by atoms with Crippen molar-refractivity contribution in [2.75, 3.05) is 13.2 Å². The van der Waals surface area contributed by atoms with Crippen LogP contribution in [0.25, 0.3) is 0 Å². The molecule has 0 saturated heterocycles. The molecule has 0 aromatic heterocycles. The molecule has 2 N–H and O–H groups in total. The van der Waals surface area contributed by atoms with Gasteiger partial charge in [-0.1, -0.05) is 72.8 Å². The van der Waals surface area contributed by atoms with Crippen molar-refractivity contribution in [3.63, 3.8) is 0 Å². The maximum atomic E-state index is 14.2. The third-order valence-corrected chi connectivity index (χ3v) is 7.16. The Bertz CT molecular complexity index is 1540. The number of nitrogens with zero attached hydrogens (tertiary/aromatic N) is 1. The van der Waals surface area contributed by atoms with Gasteiger partial charge in [-0.25, -0.2) is 4.99 Å². The average Bonchev–Trinajstić information content (AvgIpc) is 3.41. The predicted octanol–water partition coefficient (Wildman–Crippen LogP) is 6.28. The number of hydrogen-bond acceptors (Lipinski definition) is 5. The van der Waals surface area contributed by atoms with Gasteiger partial charge in [-0.05, 0) is 53.1 Å². The topological polar surface area (TPSA) is 80.2 Å². The number of alkyl halides is 3. The van der Waals surface area contributed by atoms with Crippen LogP contribution in [0.1, 0.15) is 40.3 Å². The number of rotatable bonds is 11. The Kier molecular flexibility index (Phi) is 9.11. The summed E-state index contributed by atoms with van der Waals surface area (Å²) in [5, 5.41) is 11.9. The van der Waals surface area contributed by atoms with Crippen LogP contribution in [0.5, 0.6) is 5.75 Å². The summed E-state index contributed by atoms with van der Waals surface area (Å²) in [6.07, 6.45) is -4.61. The minimum Gasteiger partial charge on any atom is -0.494 e. The van der Waals surface area contributed by atoms with E-state index in [2.05, 4.69) is 5.32 Å². The molecule has 0 saturated carbocycles. The lowest BCUT2D eigenvalue weighted by Gasteiger charge is -2.31. The van der Waals surface area contributed by atoms with E-state index in [-0.39, 0.29) is 25.5 Å². The van der Waals surface area contributed by atoms with Crippen LogP contribution >= 0.6 is 0 Å². The van der Waals surface area contributed by atoms with Crippen molar-refractivity contribution in [3.8, 4) is 5.75 Å². The summed E-state index contributed by atoms with van der Waals surface area (Å²) < 4.78 is 52.1. The molecule has 0 unspecified atom stereocenters. The van der Waals surface area contributed by atoms with Crippen LogP contribution in [0.15, 0.2) is 114 Å². The first-order chi connectivity index (χ1) is 20.8. The number of hydrogen-bond donors (Lipinski definition) is 2. The van der Waals surface area contributed by atoms with Crippen LogP contribution in [0.4, 0.5) is 13.2 Å². The fourth-order valence-corrected chi connectivity index (χ4v) is 5.01. The molecule has 9 heteroatoms. The lowest BCUT2D eigenvalue weighted by Crippen LogP contribution is -2.49. The van der Waals surface area contributed by atoms with Crippen molar-refractivity contribution in [2.24, 2.45) is 4.99 Å². The fraction of sp³-hybridized carbons (Fsp3) is 0.235. The molecule has 4 aromatic rings. The number of carbonyl (C=O) groups excluding carboxylic acids is 1. The minimum atomic E-state index is -4.50. The summed E-state index contributed by atoms with van der Waals surface area (Å²) >= 11 is 0. The Balaban J connectivity index is 1.51. The fourth-order valence-electron chi connectivity index (χ4n) is 5.01. The van der Waals surface area contributed by atoms with Crippen LogP contribution in [0.2, 0.25) is 0 Å². The molecule has 5 rings (SSSR count). The Morgan fingerprint density at radius 3 is 2.26 bits per heavy atom. The van der Waals surface area contributed by atoms with E-state index in [4.69, 9.17) is 19.6 Å². The first-order valence-electron chi connectivity index (χ1n) is 13.9. The number of halogens is 3. The largest absolute Gasteiger partial charge is 0.494 e. The second-order valence-corrected chi connectivity index (χ2v) is 10.2. The monoisotopic (exact) mass is 588 g/mol. The highest BCUT2D eigenvalue weighted by atomic mass is 19.4. The molecule has 0 bridgehead atoms. The van der Waals surface area contributed by atoms with E-state index in [0.717, 1.165) is 23.3 Å². The Morgan fingerprint density at radius 1 is 0.907 bits per heavy atom. The molecule has 0 aliphatic carbocycles. The average molecular weight is 589 g/mol. The predicted molar refractivity (Wildman–Crippen MR) is 157 cm³/mol. The third kappa shape index (κ3) is 7.06. The first-order valence-corrected chi connectivity index (χ1v) is 13.9. The number of aliphatic hydroxyl groups excluding tert-OH is 1. The molecule has 1 aliphatic rings. The number of carbonyl (C=O) groups is 1.